The summed E-state index contributed by atoms with van der Waals surface area (Å²) in [7, 11) is 3.32. The van der Waals surface area contributed by atoms with Crippen LogP contribution in [0.3, 0.4) is 0 Å². The first-order valence-electron chi connectivity index (χ1n) is 4.11. The van der Waals surface area contributed by atoms with E-state index < -0.39 is 14.9 Å². The van der Waals surface area contributed by atoms with Gasteiger partial charge in [-0.25, -0.2) is 4.79 Å². The first-order chi connectivity index (χ1) is 6.64. The van der Waals surface area contributed by atoms with Crippen LogP contribution >= 0.6 is 0 Å². The van der Waals surface area contributed by atoms with E-state index in [1.807, 2.05) is 0 Å². The Morgan fingerprint density at radius 3 is 2.00 bits per heavy atom. The fourth-order valence-corrected chi connectivity index (χ4v) is 2.49. The summed E-state index contributed by atoms with van der Waals surface area (Å²) in [5.74, 6) is 0. The third-order valence-corrected chi connectivity index (χ3v) is 4.55. The summed E-state index contributed by atoms with van der Waals surface area (Å²) in [5, 5.41) is 2.52. The van der Waals surface area contributed by atoms with E-state index in [0.717, 1.165) is 0 Å². The molecule has 14 heavy (non-hydrogen) atoms. The van der Waals surface area contributed by atoms with E-state index in [1.165, 1.54) is 28.4 Å². The lowest BCUT2D eigenvalue weighted by Crippen LogP contribution is -2.45. The Balaban J connectivity index is 3.88. The summed E-state index contributed by atoms with van der Waals surface area (Å²) in [5.41, 5.74) is 0. The van der Waals surface area contributed by atoms with Crippen molar-refractivity contribution in [2.75, 3.05) is 35.0 Å². The lowest BCUT2D eigenvalue weighted by Gasteiger charge is -2.24. The van der Waals surface area contributed by atoms with Crippen LogP contribution in [0.1, 0.15) is 0 Å². The molecule has 7 heteroatoms. The quantitative estimate of drug-likeness (QED) is 0.652. The molecule has 1 N–H and O–H groups in total. The second kappa shape index (κ2) is 6.77. The van der Waals surface area contributed by atoms with Gasteiger partial charge in [-0.1, -0.05) is 0 Å². The average molecular weight is 223 g/mol. The number of ether oxygens (including phenoxy) is 1. The number of hydrogen-bond acceptors (Lipinski definition) is 5. The molecular weight excluding hydrogens is 206 g/mol. The molecule has 0 fully saturated rings. The van der Waals surface area contributed by atoms with Crippen molar-refractivity contribution in [3.05, 3.63) is 0 Å². The molecule has 0 rings (SSSR count). The van der Waals surface area contributed by atoms with Crippen molar-refractivity contribution in [1.82, 2.24) is 5.32 Å². The average Bonchev–Trinajstić information content (AvgIpc) is 2.25. The zero-order valence-corrected chi connectivity index (χ0v) is 9.96. The first kappa shape index (κ1) is 13.4. The normalized spacial score (nSPS) is 11.1. The first-order valence-corrected chi connectivity index (χ1v) is 6.04. The lowest BCUT2D eigenvalue weighted by molar-refractivity contribution is 0.123. The number of carbonyl (C=O) groups is 1. The molecule has 1 amide bonds. The van der Waals surface area contributed by atoms with E-state index in [2.05, 4.69) is 10.1 Å². The van der Waals surface area contributed by atoms with Crippen LogP contribution in [0.5, 0.6) is 0 Å². The van der Waals surface area contributed by atoms with Gasteiger partial charge in [0, 0.05) is 33.9 Å². The van der Waals surface area contributed by atoms with Gasteiger partial charge in [-0.2, -0.15) is 0 Å². The number of hydrogen-bond donors (Lipinski definition) is 1. The Kier molecular flexibility index (Phi) is 6.46. The Morgan fingerprint density at radius 2 is 1.64 bits per heavy atom. The number of carbonyl (C=O) groups excluding carboxylic acids is 1. The molecule has 0 heterocycles. The maximum absolute atomic E-state index is 10.7. The number of methoxy groups -OCH3 is 1. The molecule has 0 aliphatic carbocycles. The van der Waals surface area contributed by atoms with Crippen LogP contribution < -0.4 is 5.32 Å². The molecular formula is C7H17NO5Si. The Morgan fingerprint density at radius 1 is 1.14 bits per heavy atom. The van der Waals surface area contributed by atoms with Gasteiger partial charge in [-0.3, -0.25) is 0 Å². The van der Waals surface area contributed by atoms with Gasteiger partial charge in [0.2, 0.25) is 0 Å². The third kappa shape index (κ3) is 4.05. The van der Waals surface area contributed by atoms with Crippen molar-refractivity contribution in [3.63, 3.8) is 0 Å². The number of alkyl carbamates (subject to hydrolysis) is 1. The van der Waals surface area contributed by atoms with Gasteiger partial charge in [0.25, 0.3) is 0 Å². The van der Waals surface area contributed by atoms with E-state index >= 15 is 0 Å². The fourth-order valence-electron chi connectivity index (χ4n) is 0.946. The molecule has 0 bridgehead atoms. The summed E-state index contributed by atoms with van der Waals surface area (Å²) in [6.07, 6.45) is -0.476. The summed E-state index contributed by atoms with van der Waals surface area (Å²) in [6, 6.07) is 0.506. The van der Waals surface area contributed by atoms with Crippen LogP contribution in [-0.4, -0.2) is 49.9 Å². The smallest absolute Gasteiger partial charge is 0.453 e. The molecule has 0 spiro atoms. The van der Waals surface area contributed by atoms with Gasteiger partial charge in [0.15, 0.2) is 0 Å². The van der Waals surface area contributed by atoms with E-state index in [9.17, 15) is 4.79 Å². The monoisotopic (exact) mass is 223 g/mol. The summed E-state index contributed by atoms with van der Waals surface area (Å²) >= 11 is 0. The molecule has 6 nitrogen and oxygen atoms in total. The standard InChI is InChI=1S/C7H17NO5Si/c1-10-7(9)8-5-6-14(11-2,12-3)13-4/h5-6H2,1-4H3,(H,8,9). The molecule has 0 aliphatic heterocycles. The zero-order valence-electron chi connectivity index (χ0n) is 8.96. The lowest BCUT2D eigenvalue weighted by atomic mass is 10.7. The van der Waals surface area contributed by atoms with Crippen LogP contribution in [0.2, 0.25) is 6.04 Å². The van der Waals surface area contributed by atoms with Gasteiger partial charge in [0.1, 0.15) is 0 Å². The molecule has 0 aromatic carbocycles. The number of rotatable bonds is 6. The van der Waals surface area contributed by atoms with E-state index in [0.29, 0.717) is 12.6 Å². The van der Waals surface area contributed by atoms with Crippen molar-refractivity contribution in [2.45, 2.75) is 6.04 Å². The molecule has 0 aromatic heterocycles. The van der Waals surface area contributed by atoms with Crippen molar-refractivity contribution in [1.29, 1.82) is 0 Å². The highest BCUT2D eigenvalue weighted by Gasteiger charge is 2.37. The molecule has 84 valence electrons. The predicted molar refractivity (Wildman–Crippen MR) is 52.0 cm³/mol. The molecule has 0 saturated carbocycles. The molecule has 0 aliphatic rings. The van der Waals surface area contributed by atoms with E-state index in [4.69, 9.17) is 13.3 Å². The van der Waals surface area contributed by atoms with Crippen LogP contribution in [-0.2, 0) is 18.0 Å². The fraction of sp³-hybridized carbons (Fsp3) is 0.857. The van der Waals surface area contributed by atoms with Crippen molar-refractivity contribution < 1.29 is 22.8 Å². The Hall–Kier alpha value is -0.633. The van der Waals surface area contributed by atoms with Crippen LogP contribution in [0.15, 0.2) is 0 Å². The minimum Gasteiger partial charge on any atom is -0.453 e. The Labute approximate surface area is 84.8 Å². The van der Waals surface area contributed by atoms with E-state index in [1.54, 1.807) is 0 Å². The SMILES string of the molecule is COC(=O)NCC[Si](OC)(OC)OC. The highest BCUT2D eigenvalue weighted by molar-refractivity contribution is 6.60. The summed E-state index contributed by atoms with van der Waals surface area (Å²) in [6.45, 7) is 0.397. The second-order valence-electron chi connectivity index (χ2n) is 2.46. The van der Waals surface area contributed by atoms with Gasteiger partial charge in [0.05, 0.1) is 7.11 Å². The predicted octanol–water partition coefficient (Wildman–Crippen LogP) is 0.220. The number of nitrogens with one attached hydrogen (secondary N) is 1. The van der Waals surface area contributed by atoms with Gasteiger partial charge < -0.3 is 23.3 Å². The zero-order chi connectivity index (χ0) is 11.0. The van der Waals surface area contributed by atoms with Gasteiger partial charge in [-0.15, -0.1) is 0 Å². The largest absolute Gasteiger partial charge is 0.501 e. The maximum atomic E-state index is 10.7. The number of amides is 1. The molecule has 0 radical (unpaired) electrons. The molecule has 0 atom stereocenters. The van der Waals surface area contributed by atoms with Crippen molar-refractivity contribution in [2.24, 2.45) is 0 Å². The highest BCUT2D eigenvalue weighted by atomic mass is 28.4. The maximum Gasteiger partial charge on any atom is 0.501 e. The van der Waals surface area contributed by atoms with Crippen LogP contribution in [0.25, 0.3) is 0 Å². The van der Waals surface area contributed by atoms with Gasteiger partial charge >= 0.3 is 14.9 Å². The van der Waals surface area contributed by atoms with E-state index in [-0.39, 0.29) is 0 Å². The van der Waals surface area contributed by atoms with Crippen molar-refractivity contribution >= 4 is 14.9 Å². The minimum atomic E-state index is -2.57. The molecule has 0 unspecified atom stereocenters. The second-order valence-corrected chi connectivity index (χ2v) is 5.55. The van der Waals surface area contributed by atoms with Crippen LogP contribution in [0.4, 0.5) is 4.79 Å². The highest BCUT2D eigenvalue weighted by Crippen LogP contribution is 2.10. The van der Waals surface area contributed by atoms with Crippen molar-refractivity contribution in [3.8, 4) is 0 Å². The third-order valence-electron chi connectivity index (χ3n) is 1.82. The van der Waals surface area contributed by atoms with Crippen LogP contribution in [0, 0.1) is 0 Å². The Bertz CT molecular complexity index is 165. The molecule has 0 saturated heterocycles. The molecule has 0 aromatic rings. The topological polar surface area (TPSA) is 66.0 Å². The van der Waals surface area contributed by atoms with Gasteiger partial charge in [-0.05, 0) is 0 Å². The summed E-state index contributed by atoms with van der Waals surface area (Å²) in [4.78, 5) is 10.7. The minimum absolute atomic E-state index is 0.397. The summed E-state index contributed by atoms with van der Waals surface area (Å²) < 4.78 is 19.9.